The van der Waals surface area contributed by atoms with E-state index in [1.165, 1.54) is 0 Å². The summed E-state index contributed by atoms with van der Waals surface area (Å²) in [5.74, 6) is -0.315. The van der Waals surface area contributed by atoms with Gasteiger partial charge in [-0.15, -0.1) is 0 Å². The summed E-state index contributed by atoms with van der Waals surface area (Å²) in [4.78, 5) is 15.6. The zero-order chi connectivity index (χ0) is 13.4. The second-order valence-corrected chi connectivity index (χ2v) is 4.42. The molecular formula is C15H12N2O2. The van der Waals surface area contributed by atoms with Crippen LogP contribution in [0.1, 0.15) is 16.1 Å². The Kier molecular flexibility index (Phi) is 2.56. The topological polar surface area (TPSA) is 54.6 Å². The Labute approximate surface area is 110 Å². The number of imidazole rings is 1. The lowest BCUT2D eigenvalue weighted by Crippen LogP contribution is -2.05. The Morgan fingerprint density at radius 3 is 2.58 bits per heavy atom. The monoisotopic (exact) mass is 252 g/mol. The van der Waals surface area contributed by atoms with Crippen molar-refractivity contribution in [1.29, 1.82) is 0 Å². The van der Waals surface area contributed by atoms with Crippen molar-refractivity contribution in [2.24, 2.45) is 0 Å². The van der Waals surface area contributed by atoms with Crippen LogP contribution in [0.3, 0.4) is 0 Å². The Morgan fingerprint density at radius 2 is 1.89 bits per heavy atom. The number of fused-ring (bicyclic) bond motifs is 1. The Morgan fingerprint density at radius 1 is 1.16 bits per heavy atom. The summed E-state index contributed by atoms with van der Waals surface area (Å²) in [5, 5.41) is 9.27. The van der Waals surface area contributed by atoms with Crippen LogP contribution in [-0.4, -0.2) is 20.5 Å². The van der Waals surface area contributed by atoms with Crippen LogP contribution in [0, 0.1) is 6.92 Å². The fourth-order valence-electron chi connectivity index (χ4n) is 2.12. The number of rotatable bonds is 2. The molecule has 0 aliphatic rings. The van der Waals surface area contributed by atoms with E-state index in [0.29, 0.717) is 5.82 Å². The zero-order valence-electron chi connectivity index (χ0n) is 10.4. The van der Waals surface area contributed by atoms with Crippen molar-refractivity contribution in [3.63, 3.8) is 0 Å². The van der Waals surface area contributed by atoms with Gasteiger partial charge in [-0.2, -0.15) is 0 Å². The van der Waals surface area contributed by atoms with Gasteiger partial charge in [0.1, 0.15) is 11.5 Å². The Balaban J connectivity index is 2.30. The molecule has 0 saturated heterocycles. The van der Waals surface area contributed by atoms with Crippen LogP contribution in [0.5, 0.6) is 0 Å². The molecule has 0 unspecified atom stereocenters. The van der Waals surface area contributed by atoms with Crippen LogP contribution >= 0.6 is 0 Å². The third kappa shape index (κ3) is 1.87. The number of hydrogen-bond acceptors (Lipinski definition) is 2. The number of carboxylic acid groups (broad SMARTS) is 1. The van der Waals surface area contributed by atoms with E-state index in [-0.39, 0.29) is 5.69 Å². The van der Waals surface area contributed by atoms with Crippen LogP contribution in [0.4, 0.5) is 0 Å². The molecule has 4 nitrogen and oxygen atoms in total. The number of nitrogens with zero attached hydrogens (tertiary/aromatic N) is 2. The van der Waals surface area contributed by atoms with Crippen LogP contribution < -0.4 is 0 Å². The number of aryl methyl sites for hydroxylation is 1. The Hall–Kier alpha value is -2.62. The number of hydrogen-bond donors (Lipinski definition) is 1. The summed E-state index contributed by atoms with van der Waals surface area (Å²) < 4.78 is 1.66. The fourth-order valence-corrected chi connectivity index (χ4v) is 2.12. The third-order valence-corrected chi connectivity index (χ3v) is 3.08. The fraction of sp³-hybridized carbons (Fsp3) is 0.0667. The van der Waals surface area contributed by atoms with Gasteiger partial charge in [-0.3, -0.25) is 4.40 Å². The first kappa shape index (κ1) is 11.5. The van der Waals surface area contributed by atoms with Crippen molar-refractivity contribution in [2.75, 3.05) is 0 Å². The van der Waals surface area contributed by atoms with Crippen molar-refractivity contribution < 1.29 is 9.90 Å². The highest BCUT2D eigenvalue weighted by atomic mass is 16.4. The Bertz CT molecular complexity index is 757. The van der Waals surface area contributed by atoms with E-state index in [1.807, 2.05) is 37.3 Å². The van der Waals surface area contributed by atoms with Gasteiger partial charge in [0.25, 0.3) is 0 Å². The van der Waals surface area contributed by atoms with Gasteiger partial charge >= 0.3 is 5.97 Å². The molecule has 19 heavy (non-hydrogen) atoms. The minimum absolute atomic E-state index is 0.213. The first-order valence-corrected chi connectivity index (χ1v) is 5.93. The van der Waals surface area contributed by atoms with E-state index in [4.69, 9.17) is 0 Å². The van der Waals surface area contributed by atoms with E-state index in [0.717, 1.165) is 16.6 Å². The van der Waals surface area contributed by atoms with E-state index in [1.54, 1.807) is 22.7 Å². The van der Waals surface area contributed by atoms with Gasteiger partial charge in [0, 0.05) is 5.56 Å². The quantitative estimate of drug-likeness (QED) is 0.762. The van der Waals surface area contributed by atoms with E-state index in [9.17, 15) is 9.90 Å². The minimum atomic E-state index is -0.961. The molecule has 3 rings (SSSR count). The normalized spacial score (nSPS) is 10.8. The first-order valence-electron chi connectivity index (χ1n) is 5.93. The maximum absolute atomic E-state index is 11.3. The lowest BCUT2D eigenvalue weighted by molar-refractivity contribution is 0.0689. The standard InChI is InChI=1S/C15H12N2O2/c1-10-5-7-11(8-6-10)14-16-9-12-3-2-4-13(15(18)19)17(12)14/h2-9H,1H3,(H,18,19). The molecule has 0 fully saturated rings. The molecule has 0 radical (unpaired) electrons. The maximum atomic E-state index is 11.3. The smallest absolute Gasteiger partial charge is 0.352 e. The molecule has 0 spiro atoms. The van der Waals surface area contributed by atoms with Crippen LogP contribution in [-0.2, 0) is 0 Å². The number of aromatic nitrogens is 2. The highest BCUT2D eigenvalue weighted by Crippen LogP contribution is 2.22. The summed E-state index contributed by atoms with van der Waals surface area (Å²) in [6, 6.07) is 13.0. The molecule has 1 N–H and O–H groups in total. The first-order chi connectivity index (χ1) is 9.16. The second-order valence-electron chi connectivity index (χ2n) is 4.42. The van der Waals surface area contributed by atoms with Gasteiger partial charge in [-0.05, 0) is 19.1 Å². The zero-order valence-corrected chi connectivity index (χ0v) is 10.4. The molecule has 0 saturated carbocycles. The number of carbonyl (C=O) groups is 1. The van der Waals surface area contributed by atoms with Crippen molar-refractivity contribution in [1.82, 2.24) is 9.38 Å². The predicted octanol–water partition coefficient (Wildman–Crippen LogP) is 3.01. The molecule has 2 aromatic heterocycles. The molecule has 94 valence electrons. The SMILES string of the molecule is Cc1ccc(-c2ncc3cccc(C(=O)O)n23)cc1. The third-order valence-electron chi connectivity index (χ3n) is 3.08. The summed E-state index contributed by atoms with van der Waals surface area (Å²) >= 11 is 0. The van der Waals surface area contributed by atoms with Crippen molar-refractivity contribution in [2.45, 2.75) is 6.92 Å². The summed E-state index contributed by atoms with van der Waals surface area (Å²) in [6.45, 7) is 2.01. The van der Waals surface area contributed by atoms with Gasteiger partial charge in [-0.1, -0.05) is 35.9 Å². The molecule has 0 bridgehead atoms. The predicted molar refractivity (Wildman–Crippen MR) is 72.3 cm³/mol. The van der Waals surface area contributed by atoms with Gasteiger partial charge < -0.3 is 5.11 Å². The molecule has 0 amide bonds. The molecule has 0 atom stereocenters. The van der Waals surface area contributed by atoms with E-state index < -0.39 is 5.97 Å². The molecule has 0 aliphatic carbocycles. The lowest BCUT2D eigenvalue weighted by Gasteiger charge is -2.05. The number of benzene rings is 1. The molecule has 2 heterocycles. The van der Waals surface area contributed by atoms with Gasteiger partial charge in [0.05, 0.1) is 11.7 Å². The van der Waals surface area contributed by atoms with Crippen molar-refractivity contribution in [3.05, 3.63) is 59.9 Å². The van der Waals surface area contributed by atoms with Crippen molar-refractivity contribution >= 4 is 11.5 Å². The molecule has 1 aromatic carbocycles. The molecule has 0 aliphatic heterocycles. The van der Waals surface area contributed by atoms with Gasteiger partial charge in [0.2, 0.25) is 0 Å². The highest BCUT2D eigenvalue weighted by molar-refractivity contribution is 5.87. The number of pyridine rings is 1. The van der Waals surface area contributed by atoms with Gasteiger partial charge in [-0.25, -0.2) is 9.78 Å². The highest BCUT2D eigenvalue weighted by Gasteiger charge is 2.13. The summed E-state index contributed by atoms with van der Waals surface area (Å²) in [7, 11) is 0. The summed E-state index contributed by atoms with van der Waals surface area (Å²) in [6.07, 6.45) is 1.68. The molecular weight excluding hydrogens is 240 g/mol. The second kappa shape index (κ2) is 4.24. The average molecular weight is 252 g/mol. The van der Waals surface area contributed by atoms with Crippen LogP contribution in [0.15, 0.2) is 48.7 Å². The average Bonchev–Trinajstić information content (AvgIpc) is 2.83. The molecule has 4 heteroatoms. The minimum Gasteiger partial charge on any atom is -0.477 e. The largest absolute Gasteiger partial charge is 0.477 e. The maximum Gasteiger partial charge on any atom is 0.352 e. The van der Waals surface area contributed by atoms with E-state index in [2.05, 4.69) is 4.98 Å². The molecule has 3 aromatic rings. The van der Waals surface area contributed by atoms with E-state index >= 15 is 0 Å². The van der Waals surface area contributed by atoms with Crippen LogP contribution in [0.25, 0.3) is 16.9 Å². The van der Waals surface area contributed by atoms with Crippen molar-refractivity contribution in [3.8, 4) is 11.4 Å². The number of aromatic carboxylic acids is 1. The summed E-state index contributed by atoms with van der Waals surface area (Å²) in [5.41, 5.74) is 3.04. The lowest BCUT2D eigenvalue weighted by atomic mass is 10.1. The van der Waals surface area contributed by atoms with Crippen LogP contribution in [0.2, 0.25) is 0 Å². The van der Waals surface area contributed by atoms with Gasteiger partial charge in [0.15, 0.2) is 0 Å². The number of carboxylic acids is 1.